The predicted octanol–water partition coefficient (Wildman–Crippen LogP) is 0.972. The molecule has 0 amide bonds. The highest BCUT2D eigenvalue weighted by atomic mass is 16.6. The number of aromatic nitrogens is 1. The molecule has 0 radical (unpaired) electrons. The average molecular weight is 201 g/mol. The van der Waals surface area contributed by atoms with E-state index >= 15 is 0 Å². The summed E-state index contributed by atoms with van der Waals surface area (Å²) in [6.45, 7) is 3.56. The van der Waals surface area contributed by atoms with Crippen molar-refractivity contribution in [3.63, 3.8) is 0 Å². The van der Waals surface area contributed by atoms with Gasteiger partial charge in [0.05, 0.1) is 13.2 Å². The van der Waals surface area contributed by atoms with Crippen molar-refractivity contribution < 1.29 is 19.0 Å². The van der Waals surface area contributed by atoms with Crippen LogP contribution in [0.3, 0.4) is 0 Å². The van der Waals surface area contributed by atoms with Crippen molar-refractivity contribution in [3.05, 3.63) is 12.0 Å². The van der Waals surface area contributed by atoms with Gasteiger partial charge >= 0.3 is 6.08 Å². The van der Waals surface area contributed by atoms with Crippen LogP contribution in [0.5, 0.6) is 6.08 Å². The molecule has 0 aliphatic carbocycles. The van der Waals surface area contributed by atoms with Gasteiger partial charge in [-0.1, -0.05) is 6.92 Å². The lowest BCUT2D eigenvalue weighted by Crippen LogP contribution is -2.07. The van der Waals surface area contributed by atoms with Crippen LogP contribution in [-0.2, 0) is 11.3 Å². The lowest BCUT2D eigenvalue weighted by atomic mass is 10.5. The van der Waals surface area contributed by atoms with Crippen LogP contribution in [0, 0.1) is 0 Å². The molecule has 1 aromatic rings. The first-order valence-electron chi connectivity index (χ1n) is 4.62. The van der Waals surface area contributed by atoms with Gasteiger partial charge in [0.1, 0.15) is 18.6 Å². The molecule has 80 valence electrons. The van der Waals surface area contributed by atoms with Crippen molar-refractivity contribution >= 4 is 0 Å². The number of oxazole rings is 1. The van der Waals surface area contributed by atoms with Gasteiger partial charge in [0.2, 0.25) is 0 Å². The van der Waals surface area contributed by atoms with Gasteiger partial charge in [0.25, 0.3) is 0 Å². The van der Waals surface area contributed by atoms with Crippen LogP contribution < -0.4 is 4.74 Å². The third-order valence-corrected chi connectivity index (χ3v) is 1.49. The van der Waals surface area contributed by atoms with Crippen LogP contribution in [0.2, 0.25) is 0 Å². The summed E-state index contributed by atoms with van der Waals surface area (Å²) in [6, 6.07) is 0. The van der Waals surface area contributed by atoms with E-state index in [0.717, 1.165) is 13.0 Å². The lowest BCUT2D eigenvalue weighted by molar-refractivity contribution is 0.0886. The maximum Gasteiger partial charge on any atom is 0.393 e. The highest BCUT2D eigenvalue weighted by molar-refractivity contribution is 4.97. The van der Waals surface area contributed by atoms with E-state index in [1.165, 1.54) is 6.26 Å². The fourth-order valence-electron chi connectivity index (χ4n) is 0.862. The van der Waals surface area contributed by atoms with Gasteiger partial charge in [-0.3, -0.25) is 0 Å². The summed E-state index contributed by atoms with van der Waals surface area (Å²) in [5.74, 6) is 0. The minimum absolute atomic E-state index is 0.140. The smallest absolute Gasteiger partial charge is 0.393 e. The molecule has 1 aromatic heterocycles. The van der Waals surface area contributed by atoms with E-state index in [4.69, 9.17) is 19.0 Å². The van der Waals surface area contributed by atoms with E-state index in [1.54, 1.807) is 0 Å². The molecule has 0 aliphatic heterocycles. The zero-order chi connectivity index (χ0) is 10.2. The normalized spacial score (nSPS) is 10.4. The molecule has 0 spiro atoms. The van der Waals surface area contributed by atoms with E-state index in [2.05, 4.69) is 4.98 Å². The van der Waals surface area contributed by atoms with E-state index in [1.807, 2.05) is 6.92 Å². The molecule has 0 aromatic carbocycles. The largest absolute Gasteiger partial charge is 0.448 e. The summed E-state index contributed by atoms with van der Waals surface area (Å²) in [5, 5.41) is 8.69. The summed E-state index contributed by atoms with van der Waals surface area (Å²) in [6.07, 6.45) is 2.53. The summed E-state index contributed by atoms with van der Waals surface area (Å²) < 4.78 is 15.2. The number of ether oxygens (including phenoxy) is 2. The van der Waals surface area contributed by atoms with E-state index in [-0.39, 0.29) is 12.7 Å². The van der Waals surface area contributed by atoms with Gasteiger partial charge in [0.15, 0.2) is 0 Å². The molecule has 5 heteroatoms. The van der Waals surface area contributed by atoms with E-state index < -0.39 is 0 Å². The number of hydrogen-bond donors (Lipinski definition) is 1. The van der Waals surface area contributed by atoms with Crippen LogP contribution in [0.25, 0.3) is 0 Å². The Hall–Kier alpha value is -1.07. The maximum absolute atomic E-state index is 8.69. The molecule has 1 heterocycles. The summed E-state index contributed by atoms with van der Waals surface area (Å²) in [7, 11) is 0. The first kappa shape index (κ1) is 11.0. The fourth-order valence-corrected chi connectivity index (χ4v) is 0.862. The van der Waals surface area contributed by atoms with Crippen LogP contribution in [-0.4, -0.2) is 29.9 Å². The average Bonchev–Trinajstić information content (AvgIpc) is 2.65. The molecule has 0 atom stereocenters. The quantitative estimate of drug-likeness (QED) is 0.666. The number of rotatable bonds is 7. The second kappa shape index (κ2) is 6.39. The van der Waals surface area contributed by atoms with Gasteiger partial charge in [-0.05, 0) is 6.42 Å². The molecule has 0 aliphatic rings. The van der Waals surface area contributed by atoms with Crippen molar-refractivity contribution in [3.8, 4) is 6.08 Å². The topological polar surface area (TPSA) is 64.7 Å². The molecule has 0 bridgehead atoms. The SMILES string of the molecule is CCCOCCOc1nc(CO)co1. The fraction of sp³-hybridized carbons (Fsp3) is 0.667. The maximum atomic E-state index is 8.69. The molecule has 0 saturated heterocycles. The number of aliphatic hydroxyl groups is 1. The second-order valence-electron chi connectivity index (χ2n) is 2.72. The Balaban J connectivity index is 2.12. The molecule has 1 N–H and O–H groups in total. The highest BCUT2D eigenvalue weighted by Crippen LogP contribution is 2.09. The minimum atomic E-state index is -0.140. The molecular weight excluding hydrogens is 186 g/mol. The van der Waals surface area contributed by atoms with Crippen LogP contribution >= 0.6 is 0 Å². The number of nitrogens with zero attached hydrogens (tertiary/aromatic N) is 1. The highest BCUT2D eigenvalue weighted by Gasteiger charge is 2.02. The van der Waals surface area contributed by atoms with Crippen molar-refractivity contribution in [1.82, 2.24) is 4.98 Å². The Bertz CT molecular complexity index is 249. The zero-order valence-electron chi connectivity index (χ0n) is 8.23. The van der Waals surface area contributed by atoms with Gasteiger partial charge in [-0.25, -0.2) is 0 Å². The Morgan fingerprint density at radius 3 is 2.93 bits per heavy atom. The van der Waals surface area contributed by atoms with Crippen LogP contribution in [0.15, 0.2) is 10.7 Å². The second-order valence-corrected chi connectivity index (χ2v) is 2.72. The third-order valence-electron chi connectivity index (χ3n) is 1.49. The molecule has 14 heavy (non-hydrogen) atoms. The van der Waals surface area contributed by atoms with Gasteiger partial charge < -0.3 is 19.0 Å². The summed E-state index contributed by atoms with van der Waals surface area (Å²) >= 11 is 0. The Morgan fingerprint density at radius 1 is 1.43 bits per heavy atom. The molecular formula is C9H15NO4. The van der Waals surface area contributed by atoms with Crippen LogP contribution in [0.4, 0.5) is 0 Å². The van der Waals surface area contributed by atoms with Crippen molar-refractivity contribution in [2.75, 3.05) is 19.8 Å². The standard InChI is InChI=1S/C9H15NO4/c1-2-3-12-4-5-13-9-10-8(6-11)7-14-9/h7,11H,2-6H2,1H3. The van der Waals surface area contributed by atoms with Crippen LogP contribution in [0.1, 0.15) is 19.0 Å². The van der Waals surface area contributed by atoms with E-state index in [0.29, 0.717) is 18.9 Å². The van der Waals surface area contributed by atoms with E-state index in [9.17, 15) is 0 Å². The summed E-state index contributed by atoms with van der Waals surface area (Å²) in [4.78, 5) is 3.85. The Morgan fingerprint density at radius 2 is 2.29 bits per heavy atom. The third kappa shape index (κ3) is 3.76. The first-order chi connectivity index (χ1) is 6.86. The predicted molar refractivity (Wildman–Crippen MR) is 49.0 cm³/mol. The van der Waals surface area contributed by atoms with Gasteiger partial charge in [-0.2, -0.15) is 4.98 Å². The Kier molecular flexibility index (Phi) is 5.03. The zero-order valence-corrected chi connectivity index (χ0v) is 8.23. The summed E-state index contributed by atoms with van der Waals surface area (Å²) in [5.41, 5.74) is 0.467. The number of aliphatic hydroxyl groups excluding tert-OH is 1. The monoisotopic (exact) mass is 201 g/mol. The lowest BCUT2D eigenvalue weighted by Gasteiger charge is -2.01. The van der Waals surface area contributed by atoms with Crippen molar-refractivity contribution in [2.45, 2.75) is 20.0 Å². The van der Waals surface area contributed by atoms with Crippen molar-refractivity contribution in [1.29, 1.82) is 0 Å². The Labute approximate surface area is 82.7 Å². The van der Waals surface area contributed by atoms with Gasteiger partial charge in [-0.15, -0.1) is 0 Å². The van der Waals surface area contributed by atoms with Crippen molar-refractivity contribution in [2.24, 2.45) is 0 Å². The minimum Gasteiger partial charge on any atom is -0.448 e. The van der Waals surface area contributed by atoms with Gasteiger partial charge in [0, 0.05) is 6.61 Å². The molecule has 0 saturated carbocycles. The molecule has 5 nitrogen and oxygen atoms in total. The molecule has 0 fully saturated rings. The number of hydrogen-bond acceptors (Lipinski definition) is 5. The molecule has 0 unspecified atom stereocenters. The first-order valence-corrected chi connectivity index (χ1v) is 4.62. The molecule has 1 rings (SSSR count).